The van der Waals surface area contributed by atoms with Crippen molar-refractivity contribution in [3.05, 3.63) is 42.0 Å². The Morgan fingerprint density at radius 3 is 2.07 bits per heavy atom. The van der Waals surface area contributed by atoms with Crippen LogP contribution in [0.3, 0.4) is 0 Å². The Morgan fingerprint density at radius 2 is 1.43 bits per heavy atom. The molecule has 30 heavy (non-hydrogen) atoms. The molecule has 0 aliphatic heterocycles. The average Bonchev–Trinajstić information content (AvgIpc) is 2.76. The van der Waals surface area contributed by atoms with Gasteiger partial charge in [0.1, 0.15) is 5.75 Å². The maximum absolute atomic E-state index is 11.4. The van der Waals surface area contributed by atoms with Gasteiger partial charge in [-0.1, -0.05) is 89.0 Å². The molecule has 0 fully saturated rings. The summed E-state index contributed by atoms with van der Waals surface area (Å²) in [7, 11) is 1.41. The highest BCUT2D eigenvalue weighted by Gasteiger charge is 2.04. The summed E-state index contributed by atoms with van der Waals surface area (Å²) in [5.74, 6) is 0.615. The highest BCUT2D eigenvalue weighted by atomic mass is 16.5. The molecule has 0 saturated carbocycles. The van der Waals surface area contributed by atoms with Crippen LogP contribution in [0.4, 0.5) is 0 Å². The van der Waals surface area contributed by atoms with E-state index in [9.17, 15) is 4.79 Å². The highest BCUT2D eigenvalue weighted by Crippen LogP contribution is 2.15. The van der Waals surface area contributed by atoms with Crippen molar-refractivity contribution in [3.63, 3.8) is 0 Å². The second-order valence-corrected chi connectivity index (χ2v) is 8.19. The summed E-state index contributed by atoms with van der Waals surface area (Å²) in [6, 6.07) is 7.72. The van der Waals surface area contributed by atoms with E-state index >= 15 is 0 Å². The normalized spacial score (nSPS) is 11.1. The Bertz CT molecular complexity index is 565. The van der Waals surface area contributed by atoms with Crippen molar-refractivity contribution in [2.24, 2.45) is 0 Å². The van der Waals surface area contributed by atoms with Crippen LogP contribution < -0.4 is 4.74 Å². The van der Waals surface area contributed by atoms with Crippen LogP contribution >= 0.6 is 0 Å². The first-order valence-corrected chi connectivity index (χ1v) is 12.2. The van der Waals surface area contributed by atoms with Crippen LogP contribution in [0.25, 0.3) is 0 Å². The van der Waals surface area contributed by atoms with Crippen LogP contribution in [0, 0.1) is 0 Å². The molecule has 0 radical (unpaired) electrons. The molecule has 0 N–H and O–H groups in total. The zero-order valence-electron chi connectivity index (χ0n) is 19.5. The maximum atomic E-state index is 11.4. The molecule has 0 aliphatic rings. The van der Waals surface area contributed by atoms with Gasteiger partial charge in [-0.3, -0.25) is 4.79 Å². The van der Waals surface area contributed by atoms with Crippen molar-refractivity contribution >= 4 is 5.97 Å². The predicted molar refractivity (Wildman–Crippen MR) is 127 cm³/mol. The van der Waals surface area contributed by atoms with Gasteiger partial charge in [0.05, 0.1) is 20.1 Å². The van der Waals surface area contributed by atoms with Crippen molar-refractivity contribution in [3.8, 4) is 5.75 Å². The van der Waals surface area contributed by atoms with Gasteiger partial charge in [-0.15, -0.1) is 0 Å². The van der Waals surface area contributed by atoms with Crippen molar-refractivity contribution in [1.29, 1.82) is 0 Å². The van der Waals surface area contributed by atoms with Crippen molar-refractivity contribution in [1.82, 2.24) is 0 Å². The first-order valence-electron chi connectivity index (χ1n) is 12.2. The Morgan fingerprint density at radius 1 is 0.833 bits per heavy atom. The molecule has 0 amide bonds. The molecule has 0 atom stereocenters. The minimum atomic E-state index is -0.222. The molecule has 1 aromatic carbocycles. The molecule has 170 valence electrons. The largest absolute Gasteiger partial charge is 0.494 e. The number of esters is 1. The van der Waals surface area contributed by atoms with Crippen LogP contribution in [-0.4, -0.2) is 19.7 Å². The van der Waals surface area contributed by atoms with E-state index < -0.39 is 0 Å². The summed E-state index contributed by atoms with van der Waals surface area (Å²) >= 11 is 0. The number of hydrogen-bond acceptors (Lipinski definition) is 3. The van der Waals surface area contributed by atoms with Gasteiger partial charge in [0.25, 0.3) is 0 Å². The third-order valence-corrected chi connectivity index (χ3v) is 5.40. The molecule has 3 nitrogen and oxygen atoms in total. The standard InChI is InChI=1S/C27H44O3/c1-3-4-5-6-7-8-9-10-11-12-13-14-15-16-17-18-22-30-26-21-19-20-25(23-26)24-27(28)29-2/h10-11,19-21,23H,3-9,12-18,22,24H2,1-2H3/b11-10-. The van der Waals surface area contributed by atoms with E-state index in [-0.39, 0.29) is 5.97 Å². The first-order chi connectivity index (χ1) is 14.8. The number of ether oxygens (including phenoxy) is 2. The maximum Gasteiger partial charge on any atom is 0.309 e. The van der Waals surface area contributed by atoms with Gasteiger partial charge in [-0.25, -0.2) is 0 Å². The van der Waals surface area contributed by atoms with Crippen molar-refractivity contribution < 1.29 is 14.3 Å². The Balaban J connectivity index is 1.90. The van der Waals surface area contributed by atoms with Crippen LogP contribution in [0.15, 0.2) is 36.4 Å². The lowest BCUT2D eigenvalue weighted by molar-refractivity contribution is -0.139. The Labute approximate surface area is 185 Å². The molecule has 0 saturated heterocycles. The molecule has 0 unspecified atom stereocenters. The van der Waals surface area contributed by atoms with E-state index in [1.165, 1.54) is 90.6 Å². The number of rotatable bonds is 19. The topological polar surface area (TPSA) is 35.5 Å². The first kappa shape index (κ1) is 26.3. The van der Waals surface area contributed by atoms with E-state index in [0.29, 0.717) is 6.42 Å². The van der Waals surface area contributed by atoms with E-state index in [1.54, 1.807) is 0 Å². The third-order valence-electron chi connectivity index (χ3n) is 5.40. The van der Waals surface area contributed by atoms with Gasteiger partial charge in [0, 0.05) is 0 Å². The predicted octanol–water partition coefficient (Wildman–Crippen LogP) is 7.82. The number of allylic oxidation sites excluding steroid dienone is 2. The van der Waals surface area contributed by atoms with Gasteiger partial charge in [0.2, 0.25) is 0 Å². The minimum Gasteiger partial charge on any atom is -0.494 e. The molecule has 3 heteroatoms. The molecule has 0 aliphatic carbocycles. The number of methoxy groups -OCH3 is 1. The van der Waals surface area contributed by atoms with Gasteiger partial charge in [-0.2, -0.15) is 0 Å². The molecular formula is C27H44O3. The smallest absolute Gasteiger partial charge is 0.309 e. The zero-order valence-corrected chi connectivity index (χ0v) is 19.5. The van der Waals surface area contributed by atoms with Gasteiger partial charge < -0.3 is 9.47 Å². The summed E-state index contributed by atoms with van der Waals surface area (Å²) in [5.41, 5.74) is 0.931. The van der Waals surface area contributed by atoms with E-state index in [1.807, 2.05) is 24.3 Å². The van der Waals surface area contributed by atoms with E-state index in [2.05, 4.69) is 19.1 Å². The van der Waals surface area contributed by atoms with Crippen molar-refractivity contribution in [2.75, 3.05) is 13.7 Å². The number of carbonyl (C=O) groups excluding carboxylic acids is 1. The average molecular weight is 417 g/mol. The fraction of sp³-hybridized carbons (Fsp3) is 0.667. The van der Waals surface area contributed by atoms with Crippen LogP contribution in [0.5, 0.6) is 5.75 Å². The molecule has 0 spiro atoms. The fourth-order valence-corrected chi connectivity index (χ4v) is 3.52. The molecular weight excluding hydrogens is 372 g/mol. The second-order valence-electron chi connectivity index (χ2n) is 8.19. The summed E-state index contributed by atoms with van der Waals surface area (Å²) in [5, 5.41) is 0. The molecule has 1 rings (SSSR count). The lowest BCUT2D eigenvalue weighted by Gasteiger charge is -2.08. The summed E-state index contributed by atoms with van der Waals surface area (Å²) in [6.45, 7) is 3.01. The van der Waals surface area contributed by atoms with Gasteiger partial charge in [0.15, 0.2) is 0 Å². The Hall–Kier alpha value is -1.77. The van der Waals surface area contributed by atoms with Crippen LogP contribution in [0.2, 0.25) is 0 Å². The summed E-state index contributed by atoms with van der Waals surface area (Å²) in [6.07, 6.45) is 23.4. The lowest BCUT2D eigenvalue weighted by Crippen LogP contribution is -2.04. The van der Waals surface area contributed by atoms with E-state index in [4.69, 9.17) is 9.47 Å². The summed E-state index contributed by atoms with van der Waals surface area (Å²) in [4.78, 5) is 11.4. The molecule has 0 heterocycles. The molecule has 0 bridgehead atoms. The number of hydrogen-bond donors (Lipinski definition) is 0. The molecule has 0 aromatic heterocycles. The SMILES string of the molecule is CCCCCCCC/C=C\CCCCCCCCOc1cccc(CC(=O)OC)c1. The van der Waals surface area contributed by atoms with Gasteiger partial charge >= 0.3 is 5.97 Å². The number of benzene rings is 1. The van der Waals surface area contributed by atoms with Crippen LogP contribution in [-0.2, 0) is 16.0 Å². The Kier molecular flexibility index (Phi) is 16.8. The lowest BCUT2D eigenvalue weighted by atomic mass is 10.1. The molecule has 1 aromatic rings. The summed E-state index contributed by atoms with van der Waals surface area (Å²) < 4.78 is 10.5. The minimum absolute atomic E-state index is 0.222. The number of carbonyl (C=O) groups is 1. The van der Waals surface area contributed by atoms with Gasteiger partial charge in [-0.05, 0) is 49.8 Å². The van der Waals surface area contributed by atoms with Crippen molar-refractivity contribution in [2.45, 2.75) is 103 Å². The number of unbranched alkanes of at least 4 members (excludes halogenated alkanes) is 12. The fourth-order valence-electron chi connectivity index (χ4n) is 3.52. The highest BCUT2D eigenvalue weighted by molar-refractivity contribution is 5.72. The second kappa shape index (κ2) is 19.2. The quantitative estimate of drug-likeness (QED) is 0.131. The monoisotopic (exact) mass is 416 g/mol. The zero-order chi connectivity index (χ0) is 21.7. The van der Waals surface area contributed by atoms with Crippen LogP contribution in [0.1, 0.15) is 102 Å². The van der Waals surface area contributed by atoms with E-state index in [0.717, 1.165) is 24.3 Å². The third kappa shape index (κ3) is 15.1.